The Morgan fingerprint density at radius 1 is 1.00 bits per heavy atom. The van der Waals surface area contributed by atoms with Gasteiger partial charge in [-0.1, -0.05) is 63.0 Å². The highest BCUT2D eigenvalue weighted by Crippen LogP contribution is 2.27. The lowest BCUT2D eigenvalue weighted by molar-refractivity contribution is 0.549. The molecule has 21 heavy (non-hydrogen) atoms. The van der Waals surface area contributed by atoms with Crippen LogP contribution in [0, 0.1) is 13.8 Å². The molecule has 3 heteroatoms. The monoisotopic (exact) mass is 409 g/mol. The molecule has 2 aromatic rings. The molecule has 1 unspecified atom stereocenters. The number of likely N-dealkylation sites (N-methyl/N-ethyl adjacent to an activating group) is 1. The highest BCUT2D eigenvalue weighted by atomic mass is 79.9. The molecule has 0 saturated carbocycles. The Balaban J connectivity index is 2.28. The fourth-order valence-corrected chi connectivity index (χ4v) is 3.08. The normalized spacial score (nSPS) is 12.4. The summed E-state index contributed by atoms with van der Waals surface area (Å²) in [6.45, 7) is 7.44. The molecule has 112 valence electrons. The summed E-state index contributed by atoms with van der Waals surface area (Å²) in [6.07, 6.45) is 1.00. The smallest absolute Gasteiger partial charge is 0.0360 e. The summed E-state index contributed by atoms with van der Waals surface area (Å²) in [7, 11) is 0. The molecule has 0 amide bonds. The third-order valence-electron chi connectivity index (χ3n) is 3.66. The molecule has 1 atom stereocenters. The number of nitrogens with one attached hydrogen (secondary N) is 1. The molecule has 0 aromatic heterocycles. The van der Waals surface area contributed by atoms with E-state index in [1.807, 2.05) is 0 Å². The van der Waals surface area contributed by atoms with Gasteiger partial charge in [0.15, 0.2) is 0 Å². The van der Waals surface area contributed by atoms with Gasteiger partial charge in [0.1, 0.15) is 0 Å². The van der Waals surface area contributed by atoms with Gasteiger partial charge in [0.05, 0.1) is 0 Å². The van der Waals surface area contributed by atoms with Crippen molar-refractivity contribution < 1.29 is 0 Å². The molecule has 0 heterocycles. The van der Waals surface area contributed by atoms with Gasteiger partial charge < -0.3 is 5.32 Å². The van der Waals surface area contributed by atoms with Gasteiger partial charge in [-0.05, 0) is 61.2 Å². The van der Waals surface area contributed by atoms with Crippen LogP contribution in [0.4, 0.5) is 0 Å². The lowest BCUT2D eigenvalue weighted by Gasteiger charge is -2.20. The molecule has 1 N–H and O–H groups in total. The Morgan fingerprint density at radius 2 is 1.57 bits per heavy atom. The number of hydrogen-bond donors (Lipinski definition) is 1. The lowest BCUT2D eigenvalue weighted by atomic mass is 9.96. The number of halogens is 2. The van der Waals surface area contributed by atoms with Crippen LogP contribution in [0.15, 0.2) is 45.3 Å². The first-order valence-corrected chi connectivity index (χ1v) is 8.84. The quantitative estimate of drug-likeness (QED) is 0.664. The van der Waals surface area contributed by atoms with E-state index in [1.165, 1.54) is 26.7 Å². The van der Waals surface area contributed by atoms with E-state index in [1.54, 1.807) is 0 Å². The molecule has 0 spiro atoms. The zero-order valence-electron chi connectivity index (χ0n) is 12.7. The Morgan fingerprint density at radius 3 is 2.10 bits per heavy atom. The third-order valence-corrected chi connectivity index (χ3v) is 5.44. The predicted molar refractivity (Wildman–Crippen MR) is 97.9 cm³/mol. The largest absolute Gasteiger partial charge is 0.310 e. The van der Waals surface area contributed by atoms with Gasteiger partial charge in [-0.2, -0.15) is 0 Å². The average molecular weight is 411 g/mol. The molecular formula is C18H21Br2N. The van der Waals surface area contributed by atoms with Gasteiger partial charge in [0, 0.05) is 15.0 Å². The summed E-state index contributed by atoms with van der Waals surface area (Å²) >= 11 is 7.14. The second kappa shape index (κ2) is 7.57. The van der Waals surface area contributed by atoms with Gasteiger partial charge in [0.2, 0.25) is 0 Å². The van der Waals surface area contributed by atoms with E-state index in [2.05, 4.69) is 94.3 Å². The van der Waals surface area contributed by atoms with Crippen LogP contribution in [-0.2, 0) is 6.42 Å². The van der Waals surface area contributed by atoms with Gasteiger partial charge in [-0.15, -0.1) is 0 Å². The molecule has 2 aromatic carbocycles. The summed E-state index contributed by atoms with van der Waals surface area (Å²) in [4.78, 5) is 0. The van der Waals surface area contributed by atoms with Crippen molar-refractivity contribution in [3.63, 3.8) is 0 Å². The van der Waals surface area contributed by atoms with Crippen LogP contribution in [0.1, 0.15) is 35.2 Å². The second-order valence-corrected chi connectivity index (χ2v) is 7.12. The van der Waals surface area contributed by atoms with Crippen molar-refractivity contribution in [1.29, 1.82) is 0 Å². The first-order valence-electron chi connectivity index (χ1n) is 7.25. The van der Waals surface area contributed by atoms with E-state index in [-0.39, 0.29) is 0 Å². The molecule has 2 rings (SSSR count). The van der Waals surface area contributed by atoms with Crippen molar-refractivity contribution in [1.82, 2.24) is 5.32 Å². The molecule has 0 aliphatic carbocycles. The fourth-order valence-electron chi connectivity index (χ4n) is 2.59. The number of hydrogen-bond acceptors (Lipinski definition) is 1. The van der Waals surface area contributed by atoms with Crippen molar-refractivity contribution in [2.45, 2.75) is 33.2 Å². The summed E-state index contributed by atoms with van der Waals surface area (Å²) < 4.78 is 2.34. The minimum atomic E-state index is 0.349. The summed E-state index contributed by atoms with van der Waals surface area (Å²) in [6, 6.07) is 13.5. The lowest BCUT2D eigenvalue weighted by Crippen LogP contribution is -2.23. The summed E-state index contributed by atoms with van der Waals surface area (Å²) in [5, 5.41) is 3.61. The number of benzene rings is 2. The van der Waals surface area contributed by atoms with Crippen LogP contribution in [0.25, 0.3) is 0 Å². The number of rotatable bonds is 5. The van der Waals surface area contributed by atoms with Crippen molar-refractivity contribution >= 4 is 31.9 Å². The Bertz CT molecular complexity index is 582. The van der Waals surface area contributed by atoms with Gasteiger partial charge >= 0.3 is 0 Å². The average Bonchev–Trinajstić information content (AvgIpc) is 2.46. The van der Waals surface area contributed by atoms with Crippen molar-refractivity contribution in [3.8, 4) is 0 Å². The molecule has 0 radical (unpaired) electrons. The highest BCUT2D eigenvalue weighted by molar-refractivity contribution is 9.10. The van der Waals surface area contributed by atoms with Crippen LogP contribution >= 0.6 is 31.9 Å². The maximum atomic E-state index is 3.65. The zero-order chi connectivity index (χ0) is 15.4. The van der Waals surface area contributed by atoms with Crippen molar-refractivity contribution in [3.05, 3.63) is 67.6 Å². The topological polar surface area (TPSA) is 12.0 Å². The van der Waals surface area contributed by atoms with Crippen LogP contribution in [0.2, 0.25) is 0 Å². The van der Waals surface area contributed by atoms with E-state index in [0.29, 0.717) is 6.04 Å². The van der Waals surface area contributed by atoms with Gasteiger partial charge in [0.25, 0.3) is 0 Å². The minimum absolute atomic E-state index is 0.349. The Kier molecular flexibility index (Phi) is 6.03. The third kappa shape index (κ3) is 4.41. The van der Waals surface area contributed by atoms with Crippen LogP contribution < -0.4 is 5.32 Å². The molecule has 1 nitrogen and oxygen atoms in total. The Labute approximate surface area is 144 Å². The van der Waals surface area contributed by atoms with Crippen molar-refractivity contribution in [2.24, 2.45) is 0 Å². The van der Waals surface area contributed by atoms with Crippen molar-refractivity contribution in [2.75, 3.05) is 6.54 Å². The first-order chi connectivity index (χ1) is 10.0. The maximum Gasteiger partial charge on any atom is 0.0360 e. The molecule has 0 bridgehead atoms. The second-order valence-electron chi connectivity index (χ2n) is 5.41. The number of aryl methyl sites for hydroxylation is 2. The van der Waals surface area contributed by atoms with E-state index in [0.717, 1.165) is 17.4 Å². The van der Waals surface area contributed by atoms with Crippen LogP contribution in [0.3, 0.4) is 0 Å². The molecule has 0 aliphatic rings. The fraction of sp³-hybridized carbons (Fsp3) is 0.333. The highest BCUT2D eigenvalue weighted by Gasteiger charge is 2.13. The van der Waals surface area contributed by atoms with E-state index < -0.39 is 0 Å². The molecular weight excluding hydrogens is 390 g/mol. The maximum absolute atomic E-state index is 3.65. The SMILES string of the molecule is CCNC(Cc1ccc(Br)cc1)c1cc(C)c(Br)c(C)c1. The van der Waals surface area contributed by atoms with Crippen LogP contribution in [0.5, 0.6) is 0 Å². The first kappa shape index (κ1) is 16.7. The van der Waals surface area contributed by atoms with Gasteiger partial charge in [-0.25, -0.2) is 0 Å². The molecule has 0 fully saturated rings. The zero-order valence-corrected chi connectivity index (χ0v) is 15.9. The van der Waals surface area contributed by atoms with Gasteiger partial charge in [-0.3, -0.25) is 0 Å². The van der Waals surface area contributed by atoms with E-state index in [9.17, 15) is 0 Å². The Hall–Kier alpha value is -0.640. The predicted octanol–water partition coefficient (Wildman–Crippen LogP) is 5.72. The summed E-state index contributed by atoms with van der Waals surface area (Å²) in [5.74, 6) is 0. The minimum Gasteiger partial charge on any atom is -0.310 e. The van der Waals surface area contributed by atoms with E-state index in [4.69, 9.17) is 0 Å². The summed E-state index contributed by atoms with van der Waals surface area (Å²) in [5.41, 5.74) is 5.30. The standard InChI is InChI=1S/C18H21Br2N/c1-4-21-17(11-14-5-7-16(19)8-6-14)15-9-12(2)18(20)13(3)10-15/h5-10,17,21H,4,11H2,1-3H3. The van der Waals surface area contributed by atoms with E-state index >= 15 is 0 Å². The molecule has 0 saturated heterocycles. The van der Waals surface area contributed by atoms with Crippen LogP contribution in [-0.4, -0.2) is 6.54 Å². The molecule has 0 aliphatic heterocycles.